The first-order valence-corrected chi connectivity index (χ1v) is 5.36. The Morgan fingerprint density at radius 1 is 1.59 bits per heavy atom. The van der Waals surface area contributed by atoms with Gasteiger partial charge in [-0.15, -0.1) is 5.10 Å². The zero-order chi connectivity index (χ0) is 12.3. The predicted molar refractivity (Wildman–Crippen MR) is 54.5 cm³/mol. The summed E-state index contributed by atoms with van der Waals surface area (Å²) in [7, 11) is 0. The van der Waals surface area contributed by atoms with Crippen molar-refractivity contribution in [3.8, 4) is 0 Å². The number of carbonyl (C=O) groups excluding carboxylic acids is 2. The quantitative estimate of drug-likeness (QED) is 0.654. The normalized spacial score (nSPS) is 16.3. The third-order valence-electron chi connectivity index (χ3n) is 2.28. The van der Waals surface area contributed by atoms with E-state index in [0.29, 0.717) is 0 Å². The number of tetrazole rings is 1. The molecular weight excluding hydrogens is 226 g/mol. The summed E-state index contributed by atoms with van der Waals surface area (Å²) in [6, 6.07) is 0.253. The molecule has 0 aliphatic heterocycles. The monoisotopic (exact) mass is 239 g/mol. The Morgan fingerprint density at radius 3 is 2.94 bits per heavy atom. The standard InChI is InChI=1S/C9H13N5O3/c1-6(9(16)11-7-2-3-7)17-8(15)4-14-5-10-12-13-14/h5-7H,2-4H2,1H3,(H,11,16)/t6-/m0/s1. The van der Waals surface area contributed by atoms with Crippen LogP contribution in [0.25, 0.3) is 0 Å². The second-order valence-electron chi connectivity index (χ2n) is 3.92. The number of aromatic nitrogens is 4. The van der Waals surface area contributed by atoms with Crippen LogP contribution in [-0.4, -0.2) is 44.2 Å². The fourth-order valence-corrected chi connectivity index (χ4v) is 1.22. The Kier molecular flexibility index (Phi) is 3.31. The van der Waals surface area contributed by atoms with Gasteiger partial charge < -0.3 is 10.1 Å². The van der Waals surface area contributed by atoms with Crippen LogP contribution in [0.4, 0.5) is 0 Å². The van der Waals surface area contributed by atoms with E-state index in [0.717, 1.165) is 12.8 Å². The molecule has 92 valence electrons. The van der Waals surface area contributed by atoms with Gasteiger partial charge in [0.15, 0.2) is 6.10 Å². The first kappa shape index (κ1) is 11.5. The Balaban J connectivity index is 1.75. The summed E-state index contributed by atoms with van der Waals surface area (Å²) in [5.41, 5.74) is 0. The molecule has 0 saturated heterocycles. The van der Waals surface area contributed by atoms with E-state index in [4.69, 9.17) is 4.74 Å². The van der Waals surface area contributed by atoms with Gasteiger partial charge in [0.25, 0.3) is 5.91 Å². The Bertz CT molecular complexity index is 401. The van der Waals surface area contributed by atoms with Gasteiger partial charge in [-0.25, -0.2) is 4.68 Å². The van der Waals surface area contributed by atoms with Crippen molar-refractivity contribution in [3.63, 3.8) is 0 Å². The first-order chi connectivity index (χ1) is 8.15. The molecule has 1 heterocycles. The van der Waals surface area contributed by atoms with E-state index in [9.17, 15) is 9.59 Å². The molecule has 1 aliphatic carbocycles. The van der Waals surface area contributed by atoms with Crippen LogP contribution in [0.3, 0.4) is 0 Å². The third kappa shape index (κ3) is 3.51. The Morgan fingerprint density at radius 2 is 2.35 bits per heavy atom. The number of hydrogen-bond acceptors (Lipinski definition) is 6. The summed E-state index contributed by atoms with van der Waals surface area (Å²) in [6.07, 6.45) is 2.50. The van der Waals surface area contributed by atoms with Crippen molar-refractivity contribution in [1.82, 2.24) is 25.5 Å². The second kappa shape index (κ2) is 4.89. The van der Waals surface area contributed by atoms with Gasteiger partial charge in [0.1, 0.15) is 12.9 Å². The summed E-state index contributed by atoms with van der Waals surface area (Å²) < 4.78 is 6.18. The van der Waals surface area contributed by atoms with Crippen LogP contribution >= 0.6 is 0 Å². The maximum absolute atomic E-state index is 11.5. The predicted octanol–water partition coefficient (Wildman–Crippen LogP) is -1.12. The molecule has 0 unspecified atom stereocenters. The molecule has 0 radical (unpaired) electrons. The van der Waals surface area contributed by atoms with Crippen molar-refractivity contribution in [2.75, 3.05) is 0 Å². The molecule has 1 aromatic rings. The number of nitrogens with zero attached hydrogens (tertiary/aromatic N) is 4. The Hall–Kier alpha value is -1.99. The number of ether oxygens (including phenoxy) is 1. The molecular formula is C9H13N5O3. The van der Waals surface area contributed by atoms with Crippen LogP contribution < -0.4 is 5.32 Å². The number of esters is 1. The largest absolute Gasteiger partial charge is 0.451 e. The summed E-state index contributed by atoms with van der Waals surface area (Å²) in [5, 5.41) is 13.0. The van der Waals surface area contributed by atoms with Crippen molar-refractivity contribution in [1.29, 1.82) is 0 Å². The van der Waals surface area contributed by atoms with E-state index < -0.39 is 12.1 Å². The van der Waals surface area contributed by atoms with E-state index in [1.807, 2.05) is 0 Å². The van der Waals surface area contributed by atoms with E-state index in [1.54, 1.807) is 0 Å². The minimum absolute atomic E-state index is 0.103. The van der Waals surface area contributed by atoms with Crippen LogP contribution in [0.15, 0.2) is 6.33 Å². The van der Waals surface area contributed by atoms with Crippen molar-refractivity contribution in [2.45, 2.75) is 38.5 Å². The van der Waals surface area contributed by atoms with Crippen molar-refractivity contribution in [3.05, 3.63) is 6.33 Å². The average molecular weight is 239 g/mol. The van der Waals surface area contributed by atoms with Gasteiger partial charge in [-0.3, -0.25) is 9.59 Å². The Labute approximate surface area is 97.3 Å². The van der Waals surface area contributed by atoms with E-state index in [2.05, 4.69) is 20.8 Å². The lowest BCUT2D eigenvalue weighted by Gasteiger charge is -2.12. The zero-order valence-corrected chi connectivity index (χ0v) is 9.37. The number of carbonyl (C=O) groups is 2. The van der Waals surface area contributed by atoms with Crippen molar-refractivity contribution in [2.24, 2.45) is 0 Å². The fraction of sp³-hybridized carbons (Fsp3) is 0.667. The minimum atomic E-state index is -0.792. The highest BCUT2D eigenvalue weighted by Crippen LogP contribution is 2.18. The molecule has 17 heavy (non-hydrogen) atoms. The fourth-order valence-electron chi connectivity index (χ4n) is 1.22. The topological polar surface area (TPSA) is 99.0 Å². The maximum atomic E-state index is 11.5. The van der Waals surface area contributed by atoms with Gasteiger partial charge in [-0.1, -0.05) is 0 Å². The molecule has 8 heteroatoms. The third-order valence-corrected chi connectivity index (χ3v) is 2.28. The molecule has 1 saturated carbocycles. The van der Waals surface area contributed by atoms with Crippen LogP contribution in [0.5, 0.6) is 0 Å². The number of amides is 1. The van der Waals surface area contributed by atoms with Gasteiger partial charge in [-0.05, 0) is 30.2 Å². The molecule has 0 spiro atoms. The highest BCUT2D eigenvalue weighted by Gasteiger charge is 2.27. The second-order valence-corrected chi connectivity index (χ2v) is 3.92. The molecule has 0 aromatic carbocycles. The van der Waals surface area contributed by atoms with Gasteiger partial charge in [0.2, 0.25) is 0 Å². The van der Waals surface area contributed by atoms with Crippen LogP contribution in [0.1, 0.15) is 19.8 Å². The van der Waals surface area contributed by atoms with Crippen LogP contribution in [0.2, 0.25) is 0 Å². The van der Waals surface area contributed by atoms with Crippen LogP contribution in [0, 0.1) is 0 Å². The smallest absolute Gasteiger partial charge is 0.328 e. The van der Waals surface area contributed by atoms with Gasteiger partial charge in [0, 0.05) is 6.04 Å². The SMILES string of the molecule is C[C@H](OC(=O)Cn1cnnn1)C(=O)NC1CC1. The van der Waals surface area contributed by atoms with Crippen LogP contribution in [-0.2, 0) is 20.9 Å². The van der Waals surface area contributed by atoms with Gasteiger partial charge >= 0.3 is 5.97 Å². The number of nitrogens with one attached hydrogen (secondary N) is 1. The van der Waals surface area contributed by atoms with Gasteiger partial charge in [-0.2, -0.15) is 0 Å². The van der Waals surface area contributed by atoms with E-state index >= 15 is 0 Å². The number of hydrogen-bond donors (Lipinski definition) is 1. The summed E-state index contributed by atoms with van der Waals surface area (Å²) in [6.45, 7) is 1.43. The van der Waals surface area contributed by atoms with Gasteiger partial charge in [0.05, 0.1) is 0 Å². The molecule has 1 atom stereocenters. The lowest BCUT2D eigenvalue weighted by molar-refractivity contribution is -0.155. The zero-order valence-electron chi connectivity index (χ0n) is 9.37. The molecule has 1 aromatic heterocycles. The highest BCUT2D eigenvalue weighted by atomic mass is 16.5. The van der Waals surface area contributed by atoms with Crippen molar-refractivity contribution >= 4 is 11.9 Å². The molecule has 1 amide bonds. The molecule has 2 rings (SSSR count). The summed E-state index contributed by atoms with van der Waals surface area (Å²) in [5.74, 6) is -0.812. The minimum Gasteiger partial charge on any atom is -0.451 e. The lowest BCUT2D eigenvalue weighted by atomic mass is 10.3. The highest BCUT2D eigenvalue weighted by molar-refractivity contribution is 5.83. The maximum Gasteiger partial charge on any atom is 0.328 e. The summed E-state index contributed by atoms with van der Waals surface area (Å²) >= 11 is 0. The molecule has 1 aliphatic rings. The first-order valence-electron chi connectivity index (χ1n) is 5.36. The van der Waals surface area contributed by atoms with E-state index in [1.165, 1.54) is 17.9 Å². The van der Waals surface area contributed by atoms with E-state index in [-0.39, 0.29) is 18.5 Å². The molecule has 1 N–H and O–H groups in total. The lowest BCUT2D eigenvalue weighted by Crippen LogP contribution is -2.37. The molecule has 0 bridgehead atoms. The molecule has 8 nitrogen and oxygen atoms in total. The summed E-state index contributed by atoms with van der Waals surface area (Å²) in [4.78, 5) is 22.9. The number of rotatable bonds is 5. The van der Waals surface area contributed by atoms with Crippen molar-refractivity contribution < 1.29 is 14.3 Å². The molecule has 1 fully saturated rings. The average Bonchev–Trinajstić information content (AvgIpc) is 2.93.